The number of aryl methyl sites for hydroxylation is 2. The minimum absolute atomic E-state index is 0.0557. The fourth-order valence-corrected chi connectivity index (χ4v) is 2.03. The van der Waals surface area contributed by atoms with E-state index in [0.29, 0.717) is 16.5 Å². The van der Waals surface area contributed by atoms with Gasteiger partial charge in [0.25, 0.3) is 0 Å². The molecule has 0 bridgehead atoms. The van der Waals surface area contributed by atoms with E-state index in [4.69, 9.17) is 22.1 Å². The summed E-state index contributed by atoms with van der Waals surface area (Å²) in [5.74, 6) is 0.426. The molecule has 1 aromatic heterocycles. The summed E-state index contributed by atoms with van der Waals surface area (Å²) < 4.78 is 7.11. The van der Waals surface area contributed by atoms with Crippen LogP contribution in [0.5, 0.6) is 11.6 Å². The van der Waals surface area contributed by atoms with Crippen LogP contribution in [0.3, 0.4) is 0 Å². The van der Waals surface area contributed by atoms with Crippen molar-refractivity contribution < 1.29 is 9.66 Å². The Kier molecular flexibility index (Phi) is 3.91. The van der Waals surface area contributed by atoms with Crippen molar-refractivity contribution >= 4 is 17.3 Å². The summed E-state index contributed by atoms with van der Waals surface area (Å²) in [6.45, 7) is 2.02. The van der Waals surface area contributed by atoms with Gasteiger partial charge in [-0.3, -0.25) is 10.1 Å². The zero-order chi connectivity index (χ0) is 14.9. The third kappa shape index (κ3) is 2.59. The highest BCUT2D eigenvalue weighted by Gasteiger charge is 2.20. The molecular weight excluding hydrogens is 284 g/mol. The lowest BCUT2D eigenvalue weighted by molar-refractivity contribution is -0.385. The van der Waals surface area contributed by atoms with Crippen LogP contribution >= 0.6 is 11.6 Å². The van der Waals surface area contributed by atoms with E-state index >= 15 is 0 Å². The molecule has 0 radical (unpaired) electrons. The van der Waals surface area contributed by atoms with Crippen molar-refractivity contribution in [3.8, 4) is 11.6 Å². The first-order chi connectivity index (χ1) is 9.43. The van der Waals surface area contributed by atoms with E-state index in [9.17, 15) is 10.1 Å². The Labute approximate surface area is 120 Å². The average molecular weight is 297 g/mol. The van der Waals surface area contributed by atoms with Crippen LogP contribution in [0.2, 0.25) is 5.02 Å². The second kappa shape index (κ2) is 5.48. The van der Waals surface area contributed by atoms with E-state index in [1.807, 2.05) is 0 Å². The van der Waals surface area contributed by atoms with E-state index < -0.39 is 4.92 Å². The van der Waals surface area contributed by atoms with Gasteiger partial charge >= 0.3 is 5.69 Å². The predicted octanol–water partition coefficient (Wildman–Crippen LogP) is 2.54. The van der Waals surface area contributed by atoms with Crippen molar-refractivity contribution in [1.29, 1.82) is 0 Å². The van der Waals surface area contributed by atoms with Crippen LogP contribution in [0.25, 0.3) is 0 Å². The van der Waals surface area contributed by atoms with Gasteiger partial charge in [-0.05, 0) is 13.0 Å². The van der Waals surface area contributed by atoms with E-state index in [1.54, 1.807) is 14.0 Å². The van der Waals surface area contributed by atoms with Crippen molar-refractivity contribution in [2.45, 2.75) is 13.5 Å². The van der Waals surface area contributed by atoms with Crippen LogP contribution in [0.15, 0.2) is 18.2 Å². The molecule has 106 valence electrons. The number of hydrogen-bond acceptors (Lipinski definition) is 5. The molecule has 0 aliphatic heterocycles. The summed E-state index contributed by atoms with van der Waals surface area (Å²) >= 11 is 5.86. The van der Waals surface area contributed by atoms with E-state index in [-0.39, 0.29) is 18.0 Å². The Balaban J connectivity index is 2.49. The SMILES string of the molecule is Cc1nn(C)c(Oc2cc(Cl)ccc2[N+](=O)[O-])c1CN. The maximum absolute atomic E-state index is 11.0. The summed E-state index contributed by atoms with van der Waals surface area (Å²) in [6.07, 6.45) is 0. The number of rotatable bonds is 4. The van der Waals surface area contributed by atoms with Crippen LogP contribution < -0.4 is 10.5 Å². The smallest absolute Gasteiger partial charge is 0.311 e. The Bertz CT molecular complexity index is 669. The largest absolute Gasteiger partial charge is 0.432 e. The highest BCUT2D eigenvalue weighted by molar-refractivity contribution is 6.30. The van der Waals surface area contributed by atoms with Crippen LogP contribution in [0.4, 0.5) is 5.69 Å². The summed E-state index contributed by atoms with van der Waals surface area (Å²) in [7, 11) is 1.68. The lowest BCUT2D eigenvalue weighted by Gasteiger charge is -2.08. The van der Waals surface area contributed by atoms with Gasteiger partial charge in [-0.25, -0.2) is 4.68 Å². The number of aromatic nitrogens is 2. The fourth-order valence-electron chi connectivity index (χ4n) is 1.87. The van der Waals surface area contributed by atoms with Gasteiger partial charge in [-0.15, -0.1) is 0 Å². The Morgan fingerprint density at radius 2 is 2.25 bits per heavy atom. The second-order valence-electron chi connectivity index (χ2n) is 4.17. The first-order valence-corrected chi connectivity index (χ1v) is 6.16. The number of nitro groups is 1. The quantitative estimate of drug-likeness (QED) is 0.691. The van der Waals surface area contributed by atoms with Gasteiger partial charge in [-0.1, -0.05) is 11.6 Å². The molecule has 0 unspecified atom stereocenters. The van der Waals surface area contributed by atoms with Gasteiger partial charge in [0.1, 0.15) is 0 Å². The second-order valence-corrected chi connectivity index (χ2v) is 4.60. The van der Waals surface area contributed by atoms with Crippen molar-refractivity contribution in [1.82, 2.24) is 9.78 Å². The summed E-state index contributed by atoms with van der Waals surface area (Å²) in [4.78, 5) is 10.5. The molecular formula is C12H13ClN4O3. The first kappa shape index (κ1) is 14.3. The maximum Gasteiger partial charge on any atom is 0.311 e. The molecule has 0 amide bonds. The molecule has 0 fully saturated rings. The fraction of sp³-hybridized carbons (Fsp3) is 0.250. The number of ether oxygens (including phenoxy) is 1. The van der Waals surface area contributed by atoms with Gasteiger partial charge in [0.2, 0.25) is 11.6 Å². The molecule has 0 aliphatic rings. The van der Waals surface area contributed by atoms with Crippen LogP contribution in [0, 0.1) is 17.0 Å². The summed E-state index contributed by atoms with van der Waals surface area (Å²) in [5.41, 5.74) is 6.90. The average Bonchev–Trinajstić information content (AvgIpc) is 2.63. The van der Waals surface area contributed by atoms with Crippen molar-refractivity contribution in [3.63, 3.8) is 0 Å². The molecule has 8 heteroatoms. The normalized spacial score (nSPS) is 10.6. The number of nitrogens with two attached hydrogens (primary N) is 1. The molecule has 0 aliphatic carbocycles. The molecule has 1 aromatic carbocycles. The van der Waals surface area contributed by atoms with Gasteiger partial charge in [-0.2, -0.15) is 5.10 Å². The van der Waals surface area contributed by atoms with Crippen molar-refractivity contribution in [2.24, 2.45) is 12.8 Å². The lowest BCUT2D eigenvalue weighted by atomic mass is 10.2. The summed E-state index contributed by atoms with van der Waals surface area (Å²) in [5, 5.41) is 15.5. The van der Waals surface area contributed by atoms with Crippen LogP contribution in [-0.2, 0) is 13.6 Å². The standard InChI is InChI=1S/C12H13ClN4O3/c1-7-9(6-14)12(16(2)15-7)20-11-5-8(13)3-4-10(11)17(18)19/h3-5H,6,14H2,1-2H3. The zero-order valence-corrected chi connectivity index (χ0v) is 11.7. The Morgan fingerprint density at radius 1 is 1.55 bits per heavy atom. The molecule has 2 N–H and O–H groups in total. The van der Waals surface area contributed by atoms with E-state index in [0.717, 1.165) is 5.69 Å². The number of halogens is 1. The summed E-state index contributed by atoms with van der Waals surface area (Å²) in [6, 6.07) is 4.12. The molecule has 2 rings (SSSR count). The molecule has 2 aromatic rings. The molecule has 0 atom stereocenters. The number of nitrogens with zero attached hydrogens (tertiary/aromatic N) is 3. The first-order valence-electron chi connectivity index (χ1n) is 5.78. The maximum atomic E-state index is 11.0. The third-order valence-electron chi connectivity index (χ3n) is 2.82. The molecule has 0 saturated carbocycles. The molecule has 20 heavy (non-hydrogen) atoms. The van der Waals surface area contributed by atoms with E-state index in [1.165, 1.54) is 22.9 Å². The monoisotopic (exact) mass is 296 g/mol. The topological polar surface area (TPSA) is 96.2 Å². The minimum Gasteiger partial charge on any atom is -0.432 e. The minimum atomic E-state index is -0.531. The van der Waals surface area contributed by atoms with Gasteiger partial charge < -0.3 is 10.5 Å². The van der Waals surface area contributed by atoms with Crippen LogP contribution in [0.1, 0.15) is 11.3 Å². The number of nitro benzene ring substituents is 1. The zero-order valence-electron chi connectivity index (χ0n) is 11.0. The lowest BCUT2D eigenvalue weighted by Crippen LogP contribution is -2.02. The van der Waals surface area contributed by atoms with Gasteiger partial charge in [0, 0.05) is 30.7 Å². The van der Waals surface area contributed by atoms with E-state index in [2.05, 4.69) is 5.10 Å². The number of benzene rings is 1. The molecule has 0 saturated heterocycles. The number of hydrogen-bond donors (Lipinski definition) is 1. The Hall–Kier alpha value is -2.12. The van der Waals surface area contributed by atoms with Gasteiger partial charge in [0.15, 0.2) is 0 Å². The molecule has 1 heterocycles. The third-order valence-corrected chi connectivity index (χ3v) is 3.05. The van der Waals surface area contributed by atoms with Gasteiger partial charge in [0.05, 0.1) is 16.2 Å². The van der Waals surface area contributed by atoms with Crippen molar-refractivity contribution in [2.75, 3.05) is 0 Å². The highest BCUT2D eigenvalue weighted by Crippen LogP contribution is 2.35. The Morgan fingerprint density at radius 3 is 2.85 bits per heavy atom. The van der Waals surface area contributed by atoms with Crippen LogP contribution in [-0.4, -0.2) is 14.7 Å². The van der Waals surface area contributed by atoms with Crippen molar-refractivity contribution in [3.05, 3.63) is 44.6 Å². The molecule has 0 spiro atoms. The molecule has 7 nitrogen and oxygen atoms in total. The highest BCUT2D eigenvalue weighted by atomic mass is 35.5. The predicted molar refractivity (Wildman–Crippen MR) is 74.0 cm³/mol.